The van der Waals surface area contributed by atoms with Crippen LogP contribution in [0.1, 0.15) is 0 Å². The van der Waals surface area contributed by atoms with Crippen molar-refractivity contribution in [2.75, 3.05) is 4.90 Å². The van der Waals surface area contributed by atoms with E-state index in [0.717, 1.165) is 11.4 Å². The highest BCUT2D eigenvalue weighted by Gasteiger charge is 2.21. The van der Waals surface area contributed by atoms with E-state index in [1.807, 2.05) is 11.3 Å². The van der Waals surface area contributed by atoms with Crippen LogP contribution in [-0.2, 0) is 0 Å². The lowest BCUT2D eigenvalue weighted by Gasteiger charge is -2.28. The van der Waals surface area contributed by atoms with E-state index in [9.17, 15) is 0 Å². The molecule has 0 saturated carbocycles. The van der Waals surface area contributed by atoms with E-state index in [0.29, 0.717) is 0 Å². The zero-order chi connectivity index (χ0) is 25.3. The maximum absolute atomic E-state index is 2.39. The number of para-hydroxylation sites is 1. The fourth-order valence-corrected chi connectivity index (χ4v) is 6.55. The molecule has 0 saturated heterocycles. The molecule has 0 aliphatic rings. The lowest BCUT2D eigenvalue weighted by atomic mass is 9.98. The van der Waals surface area contributed by atoms with Gasteiger partial charge in [-0.25, -0.2) is 0 Å². The molecule has 7 aromatic rings. The molecule has 0 atom stereocenters. The van der Waals surface area contributed by atoms with Crippen LogP contribution in [0.5, 0.6) is 0 Å². The summed E-state index contributed by atoms with van der Waals surface area (Å²) in [7, 11) is 0. The van der Waals surface area contributed by atoms with Crippen LogP contribution in [0.2, 0.25) is 0 Å². The Labute approximate surface area is 226 Å². The van der Waals surface area contributed by atoms with Crippen LogP contribution in [0.4, 0.5) is 17.1 Å². The van der Waals surface area contributed by atoms with Gasteiger partial charge in [0.15, 0.2) is 0 Å². The first-order chi connectivity index (χ1) is 18.9. The molecular weight excluding hydrogens is 478 g/mol. The minimum absolute atomic E-state index is 1.13. The minimum atomic E-state index is 1.13. The van der Waals surface area contributed by atoms with E-state index < -0.39 is 0 Å². The van der Waals surface area contributed by atoms with E-state index in [-0.39, 0.29) is 0 Å². The third-order valence-corrected chi connectivity index (χ3v) is 8.28. The van der Waals surface area contributed by atoms with Crippen LogP contribution in [0.25, 0.3) is 42.4 Å². The van der Waals surface area contributed by atoms with Gasteiger partial charge in [0.25, 0.3) is 0 Å². The molecular formula is C36H25NS. The first kappa shape index (κ1) is 22.5. The number of anilines is 3. The Morgan fingerprint density at radius 3 is 1.66 bits per heavy atom. The predicted molar refractivity (Wildman–Crippen MR) is 165 cm³/mol. The Morgan fingerprint density at radius 1 is 0.395 bits per heavy atom. The number of nitrogens with zero attached hydrogens (tertiary/aromatic N) is 1. The summed E-state index contributed by atoms with van der Waals surface area (Å²) < 4.78 is 2.63. The van der Waals surface area contributed by atoms with Gasteiger partial charge in [-0.1, -0.05) is 115 Å². The van der Waals surface area contributed by atoms with Crippen molar-refractivity contribution in [2.24, 2.45) is 0 Å². The van der Waals surface area contributed by atoms with Gasteiger partial charge >= 0.3 is 0 Å². The van der Waals surface area contributed by atoms with Gasteiger partial charge in [0.05, 0.1) is 5.69 Å². The Morgan fingerprint density at radius 2 is 0.947 bits per heavy atom. The summed E-state index contributed by atoms with van der Waals surface area (Å²) >= 11 is 1.88. The van der Waals surface area contributed by atoms with E-state index in [1.54, 1.807) is 0 Å². The van der Waals surface area contributed by atoms with E-state index >= 15 is 0 Å². The third-order valence-electron chi connectivity index (χ3n) is 7.08. The predicted octanol–water partition coefficient (Wildman–Crippen LogP) is 10.9. The number of benzene rings is 6. The molecule has 0 amide bonds. The standard InChI is InChI=1S/C36H25NS/c1-4-12-26(13-5-1)27-20-22-30(23-21-27)37(29-16-8-3-9-17-29)33-25-24-32-31-18-10-11-19-34(31)38-36(32)35(33)28-14-6-2-7-15-28/h1-25H. The van der Waals surface area contributed by atoms with Gasteiger partial charge in [-0.05, 0) is 53.1 Å². The number of thiophene rings is 1. The molecule has 1 heterocycles. The van der Waals surface area contributed by atoms with E-state index in [4.69, 9.17) is 0 Å². The zero-order valence-electron chi connectivity index (χ0n) is 20.8. The van der Waals surface area contributed by atoms with Gasteiger partial charge in [-0.15, -0.1) is 11.3 Å². The van der Waals surface area contributed by atoms with Crippen molar-refractivity contribution in [1.29, 1.82) is 0 Å². The van der Waals surface area contributed by atoms with Crippen LogP contribution < -0.4 is 4.90 Å². The van der Waals surface area contributed by atoms with Gasteiger partial charge in [0.2, 0.25) is 0 Å². The molecule has 180 valence electrons. The smallest absolute Gasteiger partial charge is 0.0554 e. The average Bonchev–Trinajstić information content (AvgIpc) is 3.38. The van der Waals surface area contributed by atoms with Crippen molar-refractivity contribution in [1.82, 2.24) is 0 Å². The van der Waals surface area contributed by atoms with Gasteiger partial charge in [-0.3, -0.25) is 0 Å². The number of fused-ring (bicyclic) bond motifs is 3. The SMILES string of the molecule is c1ccc(-c2ccc(N(c3ccccc3)c3ccc4c(sc5ccccc54)c3-c3ccccc3)cc2)cc1. The molecule has 0 aliphatic carbocycles. The summed E-state index contributed by atoms with van der Waals surface area (Å²) in [6.45, 7) is 0. The third kappa shape index (κ3) is 3.96. The maximum atomic E-state index is 2.39. The van der Waals surface area contributed by atoms with Crippen LogP contribution >= 0.6 is 11.3 Å². The van der Waals surface area contributed by atoms with Crippen molar-refractivity contribution in [2.45, 2.75) is 0 Å². The number of rotatable bonds is 5. The summed E-state index contributed by atoms with van der Waals surface area (Å²) in [6.07, 6.45) is 0. The molecule has 0 unspecified atom stereocenters. The van der Waals surface area contributed by atoms with Crippen molar-refractivity contribution >= 4 is 48.6 Å². The van der Waals surface area contributed by atoms with Crippen molar-refractivity contribution in [3.63, 3.8) is 0 Å². The van der Waals surface area contributed by atoms with Crippen molar-refractivity contribution < 1.29 is 0 Å². The fourth-order valence-electron chi connectivity index (χ4n) is 5.29. The Hall–Kier alpha value is -4.66. The fraction of sp³-hybridized carbons (Fsp3) is 0. The first-order valence-electron chi connectivity index (χ1n) is 12.9. The Bertz CT molecular complexity index is 1840. The molecule has 0 radical (unpaired) electrons. The highest BCUT2D eigenvalue weighted by molar-refractivity contribution is 7.26. The molecule has 2 heteroatoms. The highest BCUT2D eigenvalue weighted by Crippen LogP contribution is 2.48. The van der Waals surface area contributed by atoms with Crippen LogP contribution in [0.15, 0.2) is 152 Å². The summed E-state index contributed by atoms with van der Waals surface area (Å²) in [5, 5.41) is 2.62. The van der Waals surface area contributed by atoms with E-state index in [1.165, 1.54) is 48.1 Å². The normalized spacial score (nSPS) is 11.2. The molecule has 1 aromatic heterocycles. The molecule has 7 rings (SSSR count). The van der Waals surface area contributed by atoms with Crippen LogP contribution in [-0.4, -0.2) is 0 Å². The second-order valence-electron chi connectivity index (χ2n) is 9.38. The average molecular weight is 504 g/mol. The zero-order valence-corrected chi connectivity index (χ0v) is 21.6. The summed E-state index contributed by atoms with van der Waals surface area (Å²) in [4.78, 5) is 2.39. The molecule has 0 spiro atoms. The van der Waals surface area contributed by atoms with Crippen LogP contribution in [0.3, 0.4) is 0 Å². The Balaban J connectivity index is 1.48. The van der Waals surface area contributed by atoms with Gasteiger partial charge in [-0.2, -0.15) is 0 Å². The second-order valence-corrected chi connectivity index (χ2v) is 10.4. The summed E-state index contributed by atoms with van der Waals surface area (Å²) in [6, 6.07) is 54.3. The molecule has 38 heavy (non-hydrogen) atoms. The minimum Gasteiger partial charge on any atom is -0.310 e. The topological polar surface area (TPSA) is 3.24 Å². The maximum Gasteiger partial charge on any atom is 0.0554 e. The first-order valence-corrected chi connectivity index (χ1v) is 13.7. The summed E-state index contributed by atoms with van der Waals surface area (Å²) in [5.74, 6) is 0. The Kier molecular flexibility index (Phi) is 5.73. The molecule has 6 aromatic carbocycles. The largest absolute Gasteiger partial charge is 0.310 e. The molecule has 0 aliphatic heterocycles. The lowest BCUT2D eigenvalue weighted by molar-refractivity contribution is 1.29. The van der Waals surface area contributed by atoms with Crippen molar-refractivity contribution in [3.8, 4) is 22.3 Å². The highest BCUT2D eigenvalue weighted by atomic mass is 32.1. The monoisotopic (exact) mass is 503 g/mol. The van der Waals surface area contributed by atoms with Crippen molar-refractivity contribution in [3.05, 3.63) is 152 Å². The lowest BCUT2D eigenvalue weighted by Crippen LogP contribution is -2.11. The number of hydrogen-bond donors (Lipinski definition) is 0. The molecule has 0 N–H and O–H groups in total. The number of hydrogen-bond acceptors (Lipinski definition) is 2. The van der Waals surface area contributed by atoms with Gasteiger partial charge < -0.3 is 4.90 Å². The summed E-state index contributed by atoms with van der Waals surface area (Å²) in [5.41, 5.74) is 8.37. The van der Waals surface area contributed by atoms with Gasteiger partial charge in [0.1, 0.15) is 0 Å². The molecule has 0 bridgehead atoms. The van der Waals surface area contributed by atoms with Crippen LogP contribution in [0, 0.1) is 0 Å². The molecule has 1 nitrogen and oxygen atoms in total. The quantitative estimate of drug-likeness (QED) is 0.226. The molecule has 0 fully saturated rings. The second kappa shape index (κ2) is 9.66. The van der Waals surface area contributed by atoms with Gasteiger partial charge in [0, 0.05) is 37.1 Å². The van der Waals surface area contributed by atoms with E-state index in [2.05, 4.69) is 157 Å².